The number of hydrogen-bond acceptors (Lipinski definition) is 4. The Morgan fingerprint density at radius 1 is 1.24 bits per heavy atom. The second-order valence-electron chi connectivity index (χ2n) is 6.12. The molecule has 1 aromatic heterocycles. The Labute approximate surface area is 143 Å². The van der Waals surface area contributed by atoms with Crippen molar-refractivity contribution in [1.29, 1.82) is 0 Å². The highest BCUT2D eigenvalue weighted by molar-refractivity contribution is 5.32. The predicted molar refractivity (Wildman–Crippen MR) is 85.5 cm³/mol. The fourth-order valence-corrected chi connectivity index (χ4v) is 2.98. The lowest BCUT2D eigenvalue weighted by molar-refractivity contribution is -0.141. The van der Waals surface area contributed by atoms with E-state index in [2.05, 4.69) is 14.9 Å². The molecule has 1 fully saturated rings. The minimum absolute atomic E-state index is 0.0183. The number of likely N-dealkylation sites (tertiary alicyclic amines) is 1. The van der Waals surface area contributed by atoms with E-state index in [0.29, 0.717) is 18.7 Å². The van der Waals surface area contributed by atoms with Crippen LogP contribution in [0, 0.1) is 5.82 Å². The van der Waals surface area contributed by atoms with Crippen molar-refractivity contribution in [3.8, 4) is 0 Å². The van der Waals surface area contributed by atoms with Gasteiger partial charge in [-0.1, -0.05) is 18.2 Å². The van der Waals surface area contributed by atoms with Crippen LogP contribution in [0.2, 0.25) is 0 Å². The Morgan fingerprint density at radius 3 is 2.72 bits per heavy atom. The largest absolute Gasteiger partial charge is 0.433 e. The Hall–Kier alpha value is -2.22. The summed E-state index contributed by atoms with van der Waals surface area (Å²) in [4.78, 5) is 11.3. The second-order valence-corrected chi connectivity index (χ2v) is 6.12. The third-order valence-electron chi connectivity index (χ3n) is 4.40. The summed E-state index contributed by atoms with van der Waals surface area (Å²) in [6, 6.07) is 7.43. The molecule has 1 saturated heterocycles. The summed E-state index contributed by atoms with van der Waals surface area (Å²) in [7, 11) is 1.69. The number of benzene rings is 1. The summed E-state index contributed by atoms with van der Waals surface area (Å²) in [6.07, 6.45) is -2.62. The quantitative estimate of drug-likeness (QED) is 0.789. The molecular weight excluding hydrogens is 336 g/mol. The predicted octanol–water partition coefficient (Wildman–Crippen LogP) is 3.35. The average Bonchev–Trinajstić information content (AvgIpc) is 3.04. The van der Waals surface area contributed by atoms with E-state index in [-0.39, 0.29) is 17.8 Å². The lowest BCUT2D eigenvalue weighted by Crippen LogP contribution is -2.36. The molecule has 4 nitrogen and oxygen atoms in total. The number of alkyl halides is 3. The van der Waals surface area contributed by atoms with Crippen LogP contribution in [-0.4, -0.2) is 41.0 Å². The van der Waals surface area contributed by atoms with E-state index in [1.165, 1.54) is 6.07 Å². The van der Waals surface area contributed by atoms with E-state index in [4.69, 9.17) is 0 Å². The van der Waals surface area contributed by atoms with Gasteiger partial charge in [-0.2, -0.15) is 13.2 Å². The van der Waals surface area contributed by atoms with Gasteiger partial charge in [0.15, 0.2) is 0 Å². The van der Waals surface area contributed by atoms with Crippen molar-refractivity contribution < 1.29 is 17.6 Å². The normalized spacial score (nSPS) is 18.5. The molecule has 1 unspecified atom stereocenters. The fourth-order valence-electron chi connectivity index (χ4n) is 2.98. The smallest absolute Gasteiger partial charge is 0.340 e. The van der Waals surface area contributed by atoms with Gasteiger partial charge in [-0.3, -0.25) is 4.90 Å². The van der Waals surface area contributed by atoms with Gasteiger partial charge < -0.3 is 4.90 Å². The van der Waals surface area contributed by atoms with Crippen LogP contribution in [0.15, 0.2) is 36.5 Å². The summed E-state index contributed by atoms with van der Waals surface area (Å²) in [5.74, 6) is -0.201. The molecule has 1 aliphatic rings. The molecule has 0 saturated carbocycles. The van der Waals surface area contributed by atoms with Crippen molar-refractivity contribution in [2.75, 3.05) is 25.0 Å². The Bertz CT molecular complexity index is 735. The number of aromatic nitrogens is 2. The topological polar surface area (TPSA) is 32.3 Å². The van der Waals surface area contributed by atoms with Crippen molar-refractivity contribution in [2.45, 2.75) is 25.2 Å². The van der Waals surface area contributed by atoms with Gasteiger partial charge in [0, 0.05) is 44.5 Å². The van der Waals surface area contributed by atoms with Crippen molar-refractivity contribution in [1.82, 2.24) is 14.9 Å². The molecule has 2 aromatic rings. The van der Waals surface area contributed by atoms with Crippen LogP contribution >= 0.6 is 0 Å². The zero-order chi connectivity index (χ0) is 18.0. The van der Waals surface area contributed by atoms with Crippen molar-refractivity contribution in [3.05, 3.63) is 53.6 Å². The van der Waals surface area contributed by atoms with Crippen LogP contribution in [-0.2, 0) is 12.7 Å². The van der Waals surface area contributed by atoms with E-state index in [1.54, 1.807) is 30.1 Å². The molecule has 1 aliphatic heterocycles. The second kappa shape index (κ2) is 6.95. The summed E-state index contributed by atoms with van der Waals surface area (Å²) in [6.45, 7) is 1.83. The van der Waals surface area contributed by atoms with Gasteiger partial charge in [-0.15, -0.1) is 0 Å². The van der Waals surface area contributed by atoms with E-state index < -0.39 is 11.9 Å². The highest BCUT2D eigenvalue weighted by Crippen LogP contribution is 2.29. The maximum Gasteiger partial charge on any atom is 0.433 e. The fraction of sp³-hybridized carbons (Fsp3) is 0.412. The van der Waals surface area contributed by atoms with E-state index in [0.717, 1.165) is 25.2 Å². The molecule has 1 atom stereocenters. The third-order valence-corrected chi connectivity index (χ3v) is 4.40. The monoisotopic (exact) mass is 354 g/mol. The van der Waals surface area contributed by atoms with E-state index in [9.17, 15) is 17.6 Å². The maximum atomic E-state index is 13.8. The number of rotatable bonds is 4. The van der Waals surface area contributed by atoms with Gasteiger partial charge in [-0.25, -0.2) is 14.4 Å². The SMILES string of the molecule is CN(c1nccc(C(F)(F)F)n1)C1CCN(Cc2ccccc2F)C1. The number of likely N-dealkylation sites (N-methyl/N-ethyl adjacent to an activating group) is 1. The van der Waals surface area contributed by atoms with Gasteiger partial charge in [0.2, 0.25) is 5.95 Å². The van der Waals surface area contributed by atoms with Gasteiger partial charge in [-0.05, 0) is 18.6 Å². The molecule has 134 valence electrons. The molecule has 0 N–H and O–H groups in total. The summed E-state index contributed by atoms with van der Waals surface area (Å²) in [5, 5.41) is 0. The molecule has 0 amide bonds. The van der Waals surface area contributed by atoms with Crippen molar-refractivity contribution in [2.24, 2.45) is 0 Å². The van der Waals surface area contributed by atoms with Crippen LogP contribution in [0.3, 0.4) is 0 Å². The first-order valence-electron chi connectivity index (χ1n) is 7.93. The van der Waals surface area contributed by atoms with Crippen molar-refractivity contribution >= 4 is 5.95 Å². The molecule has 0 aliphatic carbocycles. The van der Waals surface area contributed by atoms with Gasteiger partial charge >= 0.3 is 6.18 Å². The molecule has 0 radical (unpaired) electrons. The van der Waals surface area contributed by atoms with E-state index >= 15 is 0 Å². The summed E-state index contributed by atoms with van der Waals surface area (Å²) < 4.78 is 52.2. The Kier molecular flexibility index (Phi) is 4.89. The lowest BCUT2D eigenvalue weighted by Gasteiger charge is -2.25. The molecular formula is C17H18F4N4. The first-order valence-corrected chi connectivity index (χ1v) is 7.93. The van der Waals surface area contributed by atoms with Gasteiger partial charge in [0.1, 0.15) is 11.5 Å². The Balaban J connectivity index is 1.67. The zero-order valence-electron chi connectivity index (χ0n) is 13.7. The number of halogens is 4. The van der Waals surface area contributed by atoms with Gasteiger partial charge in [0.05, 0.1) is 0 Å². The summed E-state index contributed by atoms with van der Waals surface area (Å²) in [5.41, 5.74) is -0.341. The number of hydrogen-bond donors (Lipinski definition) is 0. The lowest BCUT2D eigenvalue weighted by atomic mass is 10.2. The summed E-state index contributed by atoms with van der Waals surface area (Å²) >= 11 is 0. The minimum Gasteiger partial charge on any atom is -0.340 e. The standard InChI is InChI=1S/C17H18F4N4/c1-24(16-22-8-6-15(23-16)17(19,20)21)13-7-9-25(11-13)10-12-4-2-3-5-14(12)18/h2-6,8,13H,7,9-11H2,1H3. The Morgan fingerprint density at radius 2 is 2.00 bits per heavy atom. The van der Waals surface area contributed by atoms with E-state index in [1.807, 2.05) is 0 Å². The highest BCUT2D eigenvalue weighted by Gasteiger charge is 2.34. The maximum absolute atomic E-state index is 13.8. The molecule has 0 bridgehead atoms. The molecule has 3 rings (SSSR count). The van der Waals surface area contributed by atoms with Crippen LogP contribution in [0.4, 0.5) is 23.5 Å². The third kappa shape index (κ3) is 4.07. The van der Waals surface area contributed by atoms with Gasteiger partial charge in [0.25, 0.3) is 0 Å². The van der Waals surface area contributed by atoms with Crippen LogP contribution < -0.4 is 4.90 Å². The minimum atomic E-state index is -4.49. The van der Waals surface area contributed by atoms with Crippen LogP contribution in [0.25, 0.3) is 0 Å². The molecule has 2 heterocycles. The average molecular weight is 354 g/mol. The molecule has 25 heavy (non-hydrogen) atoms. The molecule has 1 aromatic carbocycles. The zero-order valence-corrected chi connectivity index (χ0v) is 13.7. The first kappa shape index (κ1) is 17.6. The highest BCUT2D eigenvalue weighted by atomic mass is 19.4. The number of anilines is 1. The van der Waals surface area contributed by atoms with Crippen LogP contribution in [0.1, 0.15) is 17.7 Å². The van der Waals surface area contributed by atoms with Crippen LogP contribution in [0.5, 0.6) is 0 Å². The first-order chi connectivity index (χ1) is 11.8. The number of nitrogens with zero attached hydrogens (tertiary/aromatic N) is 4. The van der Waals surface area contributed by atoms with Crippen molar-refractivity contribution in [3.63, 3.8) is 0 Å². The molecule has 0 spiro atoms. The molecule has 8 heteroatoms.